The van der Waals surface area contributed by atoms with E-state index in [-0.39, 0.29) is 10.8 Å². The van der Waals surface area contributed by atoms with Gasteiger partial charge < -0.3 is 10.1 Å². The molecule has 7 nitrogen and oxygen atoms in total. The fourth-order valence-corrected chi connectivity index (χ4v) is 4.22. The second-order valence-electron chi connectivity index (χ2n) is 6.86. The van der Waals surface area contributed by atoms with Crippen LogP contribution in [0.5, 0.6) is 0 Å². The highest BCUT2D eigenvalue weighted by Gasteiger charge is 2.18. The average molecular weight is 416 g/mol. The fourth-order valence-electron chi connectivity index (χ4n) is 3.08. The summed E-state index contributed by atoms with van der Waals surface area (Å²) in [5.41, 5.74) is 1.75. The van der Waals surface area contributed by atoms with Gasteiger partial charge in [-0.25, -0.2) is 8.42 Å². The Hall–Kier alpha value is -2.71. The van der Waals surface area contributed by atoms with E-state index in [1.165, 1.54) is 12.1 Å². The van der Waals surface area contributed by atoms with Crippen molar-refractivity contribution in [2.24, 2.45) is 4.99 Å². The Morgan fingerprint density at radius 3 is 2.76 bits per heavy atom. The molecule has 154 valence electrons. The van der Waals surface area contributed by atoms with Crippen LogP contribution in [0.4, 0.5) is 5.69 Å². The maximum atomic E-state index is 12.7. The highest BCUT2D eigenvalue weighted by molar-refractivity contribution is 7.90. The van der Waals surface area contributed by atoms with E-state index in [0.29, 0.717) is 36.7 Å². The summed E-state index contributed by atoms with van der Waals surface area (Å²) in [4.78, 5) is 16.9. The number of aliphatic imine (C=N–C) groups is 1. The molecule has 29 heavy (non-hydrogen) atoms. The first-order valence-corrected chi connectivity index (χ1v) is 11.0. The second kappa shape index (κ2) is 9.67. The normalized spacial score (nSPS) is 14.6. The molecule has 0 radical (unpaired) electrons. The van der Waals surface area contributed by atoms with Gasteiger partial charge >= 0.3 is 0 Å². The van der Waals surface area contributed by atoms with Crippen LogP contribution in [0.25, 0.3) is 0 Å². The molecular weight excluding hydrogens is 390 g/mol. The molecule has 0 bridgehead atoms. The van der Waals surface area contributed by atoms with Gasteiger partial charge in [0.2, 0.25) is 0 Å². The predicted molar refractivity (Wildman–Crippen MR) is 113 cm³/mol. The molecule has 0 unspecified atom stereocenters. The Morgan fingerprint density at radius 1 is 1.10 bits per heavy atom. The monoisotopic (exact) mass is 415 g/mol. The van der Waals surface area contributed by atoms with Crippen LogP contribution in [0.1, 0.15) is 41.6 Å². The summed E-state index contributed by atoms with van der Waals surface area (Å²) in [6, 6.07) is 13.3. The van der Waals surface area contributed by atoms with Crippen molar-refractivity contribution < 1.29 is 17.9 Å². The lowest BCUT2D eigenvalue weighted by Gasteiger charge is -2.11. The quantitative estimate of drug-likeness (QED) is 0.756. The molecule has 0 saturated heterocycles. The molecule has 2 aromatic rings. The van der Waals surface area contributed by atoms with Crippen LogP contribution in [0.2, 0.25) is 0 Å². The van der Waals surface area contributed by atoms with E-state index in [2.05, 4.69) is 15.0 Å². The highest BCUT2D eigenvalue weighted by atomic mass is 32.2. The van der Waals surface area contributed by atoms with Gasteiger partial charge in [-0.3, -0.25) is 14.5 Å². The molecule has 3 rings (SSSR count). The number of carbonyl (C=O) groups excluding carboxylic acids is 1. The lowest BCUT2D eigenvalue weighted by Crippen LogP contribution is -2.30. The SMILES string of the molecule is COCc1cccc(C(=O)Nc2cccc(S(=O)(=O)NC3=NCCCCC3)c2)c1. The fraction of sp³-hybridized carbons (Fsp3) is 0.333. The number of sulfonamides is 1. The number of ether oxygens (including phenoxy) is 1. The van der Waals surface area contributed by atoms with Crippen molar-refractivity contribution in [2.75, 3.05) is 19.0 Å². The molecule has 1 aliphatic rings. The molecule has 0 aromatic heterocycles. The third-order valence-corrected chi connectivity index (χ3v) is 5.91. The number of hydrogen-bond acceptors (Lipinski definition) is 5. The number of methoxy groups -OCH3 is 1. The number of nitrogens with one attached hydrogen (secondary N) is 2. The van der Waals surface area contributed by atoms with Crippen LogP contribution in [0.3, 0.4) is 0 Å². The molecule has 2 aromatic carbocycles. The van der Waals surface area contributed by atoms with Gasteiger partial charge in [-0.15, -0.1) is 0 Å². The molecular formula is C21H25N3O4S. The van der Waals surface area contributed by atoms with Crippen LogP contribution < -0.4 is 10.0 Å². The zero-order valence-corrected chi connectivity index (χ0v) is 17.2. The maximum Gasteiger partial charge on any atom is 0.262 e. The van der Waals surface area contributed by atoms with Crippen molar-refractivity contribution in [2.45, 2.75) is 37.2 Å². The van der Waals surface area contributed by atoms with Gasteiger partial charge in [0.05, 0.1) is 11.5 Å². The number of carbonyl (C=O) groups is 1. The standard InChI is InChI=1S/C21H25N3O4S/c1-28-15-16-7-5-8-17(13-16)21(25)23-18-9-6-10-19(14-18)29(26,27)24-20-11-3-2-4-12-22-20/h5-10,13-14H,2-4,11-12,15H2,1H3,(H,22,24)(H,23,25). The Morgan fingerprint density at radius 2 is 1.93 bits per heavy atom. The molecule has 8 heteroatoms. The minimum atomic E-state index is -3.76. The molecule has 2 N–H and O–H groups in total. The first kappa shape index (κ1) is 21.0. The Balaban J connectivity index is 1.74. The Labute approximate surface area is 171 Å². The summed E-state index contributed by atoms with van der Waals surface area (Å²) in [6.45, 7) is 1.04. The van der Waals surface area contributed by atoms with Gasteiger partial charge in [-0.2, -0.15) is 0 Å². The molecule has 1 heterocycles. The topological polar surface area (TPSA) is 96.9 Å². The minimum absolute atomic E-state index is 0.0791. The van der Waals surface area contributed by atoms with E-state index in [9.17, 15) is 13.2 Å². The van der Waals surface area contributed by atoms with Crippen molar-refractivity contribution in [3.05, 3.63) is 59.7 Å². The third kappa shape index (κ3) is 5.88. The third-order valence-electron chi connectivity index (χ3n) is 4.53. The largest absolute Gasteiger partial charge is 0.380 e. The summed E-state index contributed by atoms with van der Waals surface area (Å²) in [5.74, 6) is 0.172. The Bertz CT molecular complexity index is 1000. The summed E-state index contributed by atoms with van der Waals surface area (Å²) in [5, 5.41) is 2.75. The molecule has 0 saturated carbocycles. The molecule has 0 aliphatic carbocycles. The number of anilines is 1. The first-order chi connectivity index (χ1) is 14.0. The summed E-state index contributed by atoms with van der Waals surface area (Å²) < 4.78 is 33.1. The zero-order chi connectivity index (χ0) is 20.7. The molecule has 0 atom stereocenters. The summed E-state index contributed by atoms with van der Waals surface area (Å²) in [7, 11) is -2.17. The van der Waals surface area contributed by atoms with E-state index < -0.39 is 10.0 Å². The molecule has 1 aliphatic heterocycles. The number of nitrogens with zero attached hydrogens (tertiary/aromatic N) is 1. The zero-order valence-electron chi connectivity index (χ0n) is 16.3. The van der Waals surface area contributed by atoms with Gasteiger partial charge in [0, 0.05) is 31.3 Å². The van der Waals surface area contributed by atoms with Crippen molar-refractivity contribution in [3.63, 3.8) is 0 Å². The van der Waals surface area contributed by atoms with E-state index in [0.717, 1.165) is 24.8 Å². The lowest BCUT2D eigenvalue weighted by atomic mass is 10.1. The van der Waals surface area contributed by atoms with Gasteiger partial charge in [0.15, 0.2) is 0 Å². The maximum absolute atomic E-state index is 12.7. The number of amidine groups is 1. The number of rotatable bonds is 6. The van der Waals surface area contributed by atoms with Gasteiger partial charge in [0.1, 0.15) is 5.84 Å². The van der Waals surface area contributed by atoms with Crippen LogP contribution in [0, 0.1) is 0 Å². The number of amides is 1. The van der Waals surface area contributed by atoms with Crippen LogP contribution in [-0.2, 0) is 21.4 Å². The van der Waals surface area contributed by atoms with Gasteiger partial charge in [0.25, 0.3) is 15.9 Å². The van der Waals surface area contributed by atoms with E-state index in [1.807, 2.05) is 6.07 Å². The lowest BCUT2D eigenvalue weighted by molar-refractivity contribution is 0.102. The van der Waals surface area contributed by atoms with E-state index in [1.54, 1.807) is 37.4 Å². The first-order valence-electron chi connectivity index (χ1n) is 9.53. The van der Waals surface area contributed by atoms with Crippen LogP contribution in [0.15, 0.2) is 58.4 Å². The predicted octanol–water partition coefficient (Wildman–Crippen LogP) is 3.34. The van der Waals surface area contributed by atoms with E-state index >= 15 is 0 Å². The molecule has 1 amide bonds. The smallest absolute Gasteiger partial charge is 0.262 e. The average Bonchev–Trinajstić information content (AvgIpc) is 2.97. The number of benzene rings is 2. The summed E-state index contributed by atoms with van der Waals surface area (Å²) in [6.07, 6.45) is 3.55. The highest BCUT2D eigenvalue weighted by Crippen LogP contribution is 2.18. The van der Waals surface area contributed by atoms with Crippen molar-refractivity contribution in [1.82, 2.24) is 4.72 Å². The second-order valence-corrected chi connectivity index (χ2v) is 8.54. The van der Waals surface area contributed by atoms with Crippen molar-refractivity contribution in [3.8, 4) is 0 Å². The van der Waals surface area contributed by atoms with Gasteiger partial charge in [-0.1, -0.05) is 24.6 Å². The van der Waals surface area contributed by atoms with Gasteiger partial charge in [-0.05, 0) is 48.7 Å². The molecule has 0 fully saturated rings. The van der Waals surface area contributed by atoms with Crippen molar-refractivity contribution >= 4 is 27.5 Å². The molecule has 0 spiro atoms. The van der Waals surface area contributed by atoms with Crippen molar-refractivity contribution in [1.29, 1.82) is 0 Å². The Kier molecular flexibility index (Phi) is 7.00. The summed E-state index contributed by atoms with van der Waals surface area (Å²) >= 11 is 0. The van der Waals surface area contributed by atoms with E-state index in [4.69, 9.17) is 4.74 Å². The van der Waals surface area contributed by atoms with Crippen LogP contribution in [-0.4, -0.2) is 33.8 Å². The number of hydrogen-bond donors (Lipinski definition) is 2. The minimum Gasteiger partial charge on any atom is -0.380 e. The van der Waals surface area contributed by atoms with Crippen LogP contribution >= 0.6 is 0 Å².